The Hall–Kier alpha value is -1.66. The third kappa shape index (κ3) is 1.93. The second kappa shape index (κ2) is 4.22. The highest BCUT2D eigenvalue weighted by atomic mass is 35.5. The van der Waals surface area contributed by atoms with Gasteiger partial charge in [-0.05, 0) is 35.5 Å². The van der Waals surface area contributed by atoms with Crippen LogP contribution in [-0.2, 0) is 4.79 Å². The monoisotopic (exact) mass is 283 g/mol. The Balaban J connectivity index is 1.99. The van der Waals surface area contributed by atoms with Gasteiger partial charge in [0.15, 0.2) is 11.5 Å². The predicted octanol–water partition coefficient (Wildman–Crippen LogP) is 2.39. The molecule has 0 atom stereocenters. The van der Waals surface area contributed by atoms with Crippen molar-refractivity contribution in [2.24, 2.45) is 0 Å². The lowest BCUT2D eigenvalue weighted by molar-refractivity contribution is -0.115. The number of ether oxygens (including phenoxy) is 2. The van der Waals surface area contributed by atoms with Crippen LogP contribution in [0, 0.1) is 0 Å². The first-order chi connectivity index (χ1) is 8.63. The largest absolute Gasteiger partial charge is 0.454 e. The Labute approximate surface area is 111 Å². The van der Waals surface area contributed by atoms with Crippen LogP contribution in [0.15, 0.2) is 17.0 Å². The number of fused-ring (bicyclic) bond motifs is 1. The van der Waals surface area contributed by atoms with Gasteiger partial charge >= 0.3 is 0 Å². The Morgan fingerprint density at radius 3 is 2.89 bits per heavy atom. The van der Waals surface area contributed by atoms with Crippen LogP contribution in [0.5, 0.6) is 11.5 Å². The Morgan fingerprint density at radius 1 is 1.33 bits per heavy atom. The number of benzene rings is 1. The minimum atomic E-state index is -0.404. The molecule has 18 heavy (non-hydrogen) atoms. The molecule has 2 amide bonds. The van der Waals surface area contributed by atoms with Gasteiger partial charge in [0.2, 0.25) is 6.79 Å². The zero-order chi connectivity index (χ0) is 12.7. The third-order valence-corrected chi connectivity index (χ3v) is 3.48. The summed E-state index contributed by atoms with van der Waals surface area (Å²) >= 11 is 6.87. The second-order valence-electron chi connectivity index (χ2n) is 3.59. The van der Waals surface area contributed by atoms with Crippen molar-refractivity contribution in [3.63, 3.8) is 0 Å². The van der Waals surface area contributed by atoms with Crippen LogP contribution >= 0.6 is 23.4 Å². The Morgan fingerprint density at radius 2 is 2.17 bits per heavy atom. The van der Waals surface area contributed by atoms with Gasteiger partial charge in [0.25, 0.3) is 11.1 Å². The number of imide groups is 1. The molecule has 1 N–H and O–H groups in total. The molecule has 1 aromatic rings. The average Bonchev–Trinajstić information content (AvgIpc) is 2.86. The summed E-state index contributed by atoms with van der Waals surface area (Å²) in [5, 5.41) is 2.21. The highest BCUT2D eigenvalue weighted by Crippen LogP contribution is 2.40. The van der Waals surface area contributed by atoms with E-state index in [1.54, 1.807) is 18.2 Å². The van der Waals surface area contributed by atoms with E-state index in [1.165, 1.54) is 0 Å². The molecular weight excluding hydrogens is 278 g/mol. The summed E-state index contributed by atoms with van der Waals surface area (Å²) in [6.45, 7) is 0.128. The minimum absolute atomic E-state index is 0.128. The molecule has 7 heteroatoms. The van der Waals surface area contributed by atoms with Crippen molar-refractivity contribution < 1.29 is 19.1 Å². The average molecular weight is 284 g/mol. The molecule has 1 fully saturated rings. The van der Waals surface area contributed by atoms with Crippen molar-refractivity contribution in [3.8, 4) is 11.5 Å². The van der Waals surface area contributed by atoms with Crippen LogP contribution in [0.25, 0.3) is 6.08 Å². The van der Waals surface area contributed by atoms with E-state index in [0.29, 0.717) is 27.0 Å². The molecule has 0 bridgehead atoms. The third-order valence-electron chi connectivity index (χ3n) is 2.39. The van der Waals surface area contributed by atoms with Gasteiger partial charge in [0.05, 0.1) is 9.93 Å². The van der Waals surface area contributed by atoms with Gasteiger partial charge in [-0.2, -0.15) is 0 Å². The molecule has 0 unspecified atom stereocenters. The first-order valence-corrected chi connectivity index (χ1v) is 6.17. The van der Waals surface area contributed by atoms with Crippen LogP contribution in [0.2, 0.25) is 5.02 Å². The van der Waals surface area contributed by atoms with Gasteiger partial charge in [0.1, 0.15) is 0 Å². The van der Waals surface area contributed by atoms with E-state index in [2.05, 4.69) is 5.32 Å². The van der Waals surface area contributed by atoms with E-state index in [1.807, 2.05) is 0 Å². The molecule has 1 aromatic carbocycles. The lowest BCUT2D eigenvalue weighted by Gasteiger charge is -2.01. The van der Waals surface area contributed by atoms with Gasteiger partial charge in [-0.3, -0.25) is 14.9 Å². The maximum absolute atomic E-state index is 11.4. The van der Waals surface area contributed by atoms with Gasteiger partial charge < -0.3 is 9.47 Å². The van der Waals surface area contributed by atoms with Crippen molar-refractivity contribution in [2.45, 2.75) is 0 Å². The van der Waals surface area contributed by atoms with E-state index in [-0.39, 0.29) is 12.0 Å². The van der Waals surface area contributed by atoms with Crippen LogP contribution in [0.3, 0.4) is 0 Å². The Bertz CT molecular complexity index is 599. The number of hydrogen-bond donors (Lipinski definition) is 1. The number of nitrogens with one attached hydrogen (secondary N) is 1. The van der Waals surface area contributed by atoms with E-state index < -0.39 is 5.91 Å². The molecule has 0 aliphatic carbocycles. The smallest absolute Gasteiger partial charge is 0.290 e. The molecule has 0 saturated carbocycles. The first-order valence-electron chi connectivity index (χ1n) is 4.97. The molecule has 92 valence electrons. The molecule has 2 aliphatic heterocycles. The summed E-state index contributed by atoms with van der Waals surface area (Å²) < 4.78 is 10.4. The fourth-order valence-electron chi connectivity index (χ4n) is 1.64. The summed E-state index contributed by atoms with van der Waals surface area (Å²) in [7, 11) is 0. The number of thioether (sulfide) groups is 1. The second-order valence-corrected chi connectivity index (χ2v) is 5.01. The van der Waals surface area contributed by atoms with Gasteiger partial charge in [-0.25, -0.2) is 0 Å². The van der Waals surface area contributed by atoms with Gasteiger partial charge in [-0.1, -0.05) is 11.6 Å². The molecule has 2 heterocycles. The van der Waals surface area contributed by atoms with Gasteiger partial charge in [-0.15, -0.1) is 0 Å². The number of hydrogen-bond acceptors (Lipinski definition) is 5. The number of amides is 2. The number of rotatable bonds is 1. The number of carbonyl (C=O) groups excluding carboxylic acids is 2. The predicted molar refractivity (Wildman–Crippen MR) is 66.7 cm³/mol. The van der Waals surface area contributed by atoms with Crippen molar-refractivity contribution in [3.05, 3.63) is 27.6 Å². The number of carbonyl (C=O) groups is 2. The summed E-state index contributed by atoms with van der Waals surface area (Å²) in [5.74, 6) is 0.626. The molecule has 2 aliphatic rings. The lowest BCUT2D eigenvalue weighted by atomic mass is 10.2. The lowest BCUT2D eigenvalue weighted by Crippen LogP contribution is -2.17. The zero-order valence-electron chi connectivity index (χ0n) is 8.86. The highest BCUT2D eigenvalue weighted by molar-refractivity contribution is 8.18. The van der Waals surface area contributed by atoms with Gasteiger partial charge in [0, 0.05) is 0 Å². The fourth-order valence-corrected chi connectivity index (χ4v) is 2.60. The van der Waals surface area contributed by atoms with Crippen LogP contribution in [-0.4, -0.2) is 17.9 Å². The standard InChI is InChI=1S/C11H6ClNO4S/c12-6-1-5(2-7-9(6)17-4-16-7)3-8-10(14)13-11(15)18-8/h1-3H,4H2,(H,13,14,15)/b8-3-. The molecule has 3 rings (SSSR count). The first kappa shape index (κ1) is 11.4. The number of halogens is 1. The maximum atomic E-state index is 11.4. The summed E-state index contributed by atoms with van der Waals surface area (Å²) in [4.78, 5) is 22.8. The van der Waals surface area contributed by atoms with Crippen molar-refractivity contribution >= 4 is 40.6 Å². The SMILES string of the molecule is O=C1NC(=O)/C(=C/c2cc(Cl)c3c(c2)OCO3)S1. The molecule has 5 nitrogen and oxygen atoms in total. The topological polar surface area (TPSA) is 64.6 Å². The summed E-state index contributed by atoms with van der Waals surface area (Å²) in [5.41, 5.74) is 0.677. The normalized spacial score (nSPS) is 19.5. The quantitative estimate of drug-likeness (QED) is 0.802. The minimum Gasteiger partial charge on any atom is -0.454 e. The molecule has 0 aromatic heterocycles. The Kier molecular flexibility index (Phi) is 2.68. The van der Waals surface area contributed by atoms with Crippen molar-refractivity contribution in [2.75, 3.05) is 6.79 Å². The van der Waals surface area contributed by atoms with Crippen LogP contribution < -0.4 is 14.8 Å². The summed E-state index contributed by atoms with van der Waals surface area (Å²) in [6.07, 6.45) is 1.58. The van der Waals surface area contributed by atoms with Crippen LogP contribution in [0.4, 0.5) is 4.79 Å². The van der Waals surface area contributed by atoms with E-state index in [4.69, 9.17) is 21.1 Å². The molecular formula is C11H6ClNO4S. The maximum Gasteiger partial charge on any atom is 0.290 e. The van der Waals surface area contributed by atoms with Crippen LogP contribution in [0.1, 0.15) is 5.56 Å². The highest BCUT2D eigenvalue weighted by Gasteiger charge is 2.25. The van der Waals surface area contributed by atoms with E-state index in [0.717, 1.165) is 11.8 Å². The van der Waals surface area contributed by atoms with Crippen molar-refractivity contribution in [1.29, 1.82) is 0 Å². The molecule has 0 spiro atoms. The molecule has 1 saturated heterocycles. The fraction of sp³-hybridized carbons (Fsp3) is 0.0909. The summed E-state index contributed by atoms with van der Waals surface area (Å²) in [6, 6.07) is 3.36. The van der Waals surface area contributed by atoms with Crippen molar-refractivity contribution in [1.82, 2.24) is 5.32 Å². The zero-order valence-corrected chi connectivity index (χ0v) is 10.4. The molecule has 0 radical (unpaired) electrons. The van der Waals surface area contributed by atoms with E-state index >= 15 is 0 Å². The van der Waals surface area contributed by atoms with E-state index in [9.17, 15) is 9.59 Å².